The predicted octanol–water partition coefficient (Wildman–Crippen LogP) is 1.03. The first-order valence-electron chi connectivity index (χ1n) is 14.4. The molecule has 0 bridgehead atoms. The lowest BCUT2D eigenvalue weighted by Crippen LogP contribution is -2.47. The van der Waals surface area contributed by atoms with E-state index < -0.39 is 18.1 Å². The van der Waals surface area contributed by atoms with Gasteiger partial charge < -0.3 is 30.4 Å². The number of fused-ring (bicyclic) bond motifs is 1. The second kappa shape index (κ2) is 12.9. The van der Waals surface area contributed by atoms with Gasteiger partial charge >= 0.3 is 0 Å². The molecule has 3 saturated heterocycles. The Morgan fingerprint density at radius 1 is 1.08 bits per heavy atom. The van der Waals surface area contributed by atoms with Crippen LogP contribution in [0.25, 0.3) is 0 Å². The van der Waals surface area contributed by atoms with Crippen LogP contribution in [-0.4, -0.2) is 102 Å². The molecule has 0 spiro atoms. The number of ketones is 1. The number of nitrogens with one attached hydrogen (secondary N) is 2. The Balaban J connectivity index is 1.22. The maximum atomic E-state index is 13.1. The Bertz CT molecular complexity index is 1040. The maximum absolute atomic E-state index is 13.1. The number of hydrogen-bond donors (Lipinski definition) is 3. The van der Waals surface area contributed by atoms with Crippen molar-refractivity contribution in [2.24, 2.45) is 11.8 Å². The van der Waals surface area contributed by atoms with Crippen molar-refractivity contribution in [3.63, 3.8) is 0 Å². The largest absolute Gasteiger partial charge is 0.383 e. The molecular formula is C29H43N5O5. The van der Waals surface area contributed by atoms with Crippen molar-refractivity contribution in [3.8, 4) is 0 Å². The smallest absolute Gasteiger partial charge is 0.252 e. The number of hydrogen-bond acceptors (Lipinski definition) is 7. The zero-order valence-corrected chi connectivity index (χ0v) is 23.4. The monoisotopic (exact) mass is 541 g/mol. The summed E-state index contributed by atoms with van der Waals surface area (Å²) in [5, 5.41) is 16.7. The number of carbonyl (C=O) groups is 4. The minimum absolute atomic E-state index is 0.0217. The number of piperazine rings is 1. The number of anilines is 1. The van der Waals surface area contributed by atoms with Gasteiger partial charge in [-0.05, 0) is 48.9 Å². The van der Waals surface area contributed by atoms with Gasteiger partial charge in [0, 0.05) is 56.9 Å². The highest BCUT2D eigenvalue weighted by Crippen LogP contribution is 2.32. The number of aliphatic hydroxyl groups is 1. The molecular weight excluding hydrogens is 498 g/mol. The van der Waals surface area contributed by atoms with E-state index in [1.807, 2.05) is 45.0 Å². The third-order valence-corrected chi connectivity index (χ3v) is 8.52. The highest BCUT2D eigenvalue weighted by atomic mass is 16.3. The fourth-order valence-electron chi connectivity index (χ4n) is 5.83. The summed E-state index contributed by atoms with van der Waals surface area (Å²) in [5.74, 6) is -0.962. The summed E-state index contributed by atoms with van der Waals surface area (Å²) in [6.07, 6.45) is 0.979. The zero-order valence-electron chi connectivity index (χ0n) is 23.4. The van der Waals surface area contributed by atoms with Crippen LogP contribution in [0.5, 0.6) is 0 Å². The number of benzene rings is 1. The molecule has 4 rings (SSSR count). The molecule has 10 nitrogen and oxygen atoms in total. The highest BCUT2D eigenvalue weighted by molar-refractivity contribution is 5.98. The minimum atomic E-state index is -1.13. The predicted molar refractivity (Wildman–Crippen MR) is 148 cm³/mol. The average Bonchev–Trinajstić information content (AvgIpc) is 3.53. The third-order valence-electron chi connectivity index (χ3n) is 8.52. The quantitative estimate of drug-likeness (QED) is 0.404. The molecule has 1 aromatic carbocycles. The lowest BCUT2D eigenvalue weighted by Gasteiger charge is -2.29. The molecule has 3 amide bonds. The number of Topliss-reactive ketones (excluding diaryl/α,β-unsaturated/α-hetero) is 1. The van der Waals surface area contributed by atoms with Crippen molar-refractivity contribution in [2.75, 3.05) is 50.7 Å². The second-order valence-electron chi connectivity index (χ2n) is 11.3. The van der Waals surface area contributed by atoms with E-state index in [1.54, 1.807) is 4.90 Å². The number of nitrogens with zero attached hydrogens (tertiary/aromatic N) is 3. The van der Waals surface area contributed by atoms with E-state index in [4.69, 9.17) is 0 Å². The molecule has 3 N–H and O–H groups in total. The van der Waals surface area contributed by atoms with E-state index in [0.717, 1.165) is 31.9 Å². The fraction of sp³-hybridized carbons (Fsp3) is 0.655. The molecule has 3 fully saturated rings. The van der Waals surface area contributed by atoms with Gasteiger partial charge in [-0.1, -0.05) is 27.2 Å². The van der Waals surface area contributed by atoms with Crippen LogP contribution in [-0.2, 0) is 14.4 Å². The van der Waals surface area contributed by atoms with Crippen LogP contribution in [0.1, 0.15) is 56.8 Å². The van der Waals surface area contributed by atoms with E-state index in [0.29, 0.717) is 37.9 Å². The molecule has 3 aliphatic rings. The summed E-state index contributed by atoms with van der Waals surface area (Å²) in [6, 6.07) is 6.67. The van der Waals surface area contributed by atoms with Gasteiger partial charge in [-0.3, -0.25) is 19.2 Å². The van der Waals surface area contributed by atoms with Crippen LogP contribution in [0.3, 0.4) is 0 Å². The molecule has 1 aromatic rings. The molecule has 10 heteroatoms. The maximum Gasteiger partial charge on any atom is 0.252 e. The lowest BCUT2D eigenvalue weighted by molar-refractivity contribution is -0.144. The summed E-state index contributed by atoms with van der Waals surface area (Å²) >= 11 is 0. The summed E-state index contributed by atoms with van der Waals surface area (Å²) in [5.41, 5.74) is 1.72. The SMILES string of the molecule is CCC(C)C(O)C(=O)N1CC(=O)C2C1CCN2C(=O)CC(C)CCNC(=O)c1ccc(N2CCNCC2)cc1. The zero-order chi connectivity index (χ0) is 28.1. The Labute approximate surface area is 231 Å². The first-order valence-corrected chi connectivity index (χ1v) is 14.4. The molecule has 0 radical (unpaired) electrons. The number of amides is 3. The summed E-state index contributed by atoms with van der Waals surface area (Å²) in [4.78, 5) is 56.7. The Kier molecular flexibility index (Phi) is 9.61. The van der Waals surface area contributed by atoms with Crippen molar-refractivity contribution in [3.05, 3.63) is 29.8 Å². The third kappa shape index (κ3) is 6.61. The normalized spacial score (nSPS) is 23.4. The van der Waals surface area contributed by atoms with Crippen molar-refractivity contribution in [1.29, 1.82) is 0 Å². The Morgan fingerprint density at radius 2 is 1.77 bits per heavy atom. The second-order valence-corrected chi connectivity index (χ2v) is 11.3. The lowest BCUT2D eigenvalue weighted by atomic mass is 10.00. The number of carbonyl (C=O) groups excluding carboxylic acids is 4. The van der Waals surface area contributed by atoms with Gasteiger partial charge in [0.1, 0.15) is 12.1 Å². The first kappa shape index (κ1) is 29.0. The molecule has 0 aromatic heterocycles. The van der Waals surface area contributed by atoms with Crippen LogP contribution in [0.4, 0.5) is 5.69 Å². The molecule has 3 aliphatic heterocycles. The summed E-state index contributed by atoms with van der Waals surface area (Å²) < 4.78 is 0. The van der Waals surface area contributed by atoms with Crippen molar-refractivity contribution >= 4 is 29.2 Å². The Hall–Kier alpha value is -2.98. The van der Waals surface area contributed by atoms with Crippen molar-refractivity contribution in [1.82, 2.24) is 20.4 Å². The summed E-state index contributed by atoms with van der Waals surface area (Å²) in [6.45, 7) is 10.3. The van der Waals surface area contributed by atoms with Crippen molar-refractivity contribution in [2.45, 2.75) is 64.6 Å². The number of rotatable bonds is 10. The van der Waals surface area contributed by atoms with Crippen LogP contribution in [0, 0.1) is 11.8 Å². The molecule has 5 atom stereocenters. The van der Waals surface area contributed by atoms with Gasteiger partial charge in [0.15, 0.2) is 5.78 Å². The Morgan fingerprint density at radius 3 is 2.44 bits per heavy atom. The fourth-order valence-corrected chi connectivity index (χ4v) is 5.83. The van der Waals surface area contributed by atoms with Gasteiger partial charge in [0.25, 0.3) is 11.8 Å². The first-order chi connectivity index (χ1) is 18.7. The average molecular weight is 542 g/mol. The molecule has 5 unspecified atom stereocenters. The van der Waals surface area contributed by atoms with E-state index in [2.05, 4.69) is 15.5 Å². The van der Waals surface area contributed by atoms with Crippen LogP contribution in [0.2, 0.25) is 0 Å². The van der Waals surface area contributed by atoms with E-state index in [9.17, 15) is 24.3 Å². The summed E-state index contributed by atoms with van der Waals surface area (Å²) in [7, 11) is 0. The van der Waals surface area contributed by atoms with Crippen LogP contribution < -0.4 is 15.5 Å². The van der Waals surface area contributed by atoms with Gasteiger partial charge in [0.2, 0.25) is 5.91 Å². The highest BCUT2D eigenvalue weighted by Gasteiger charge is 2.52. The molecule has 0 aliphatic carbocycles. The molecule has 0 saturated carbocycles. The van der Waals surface area contributed by atoms with Gasteiger partial charge in [0.05, 0.1) is 12.6 Å². The standard InChI is InChI=1S/C29H43N5O5/c1-4-20(3)27(37)29(39)34-18-24(35)26-23(34)10-14-33(26)25(36)17-19(2)9-11-31-28(38)21-5-7-22(8-6-21)32-15-12-30-13-16-32/h5-8,19-20,23,26-27,30,37H,4,9-18H2,1-3H3,(H,31,38). The number of aliphatic hydroxyl groups excluding tert-OH is 1. The molecule has 214 valence electrons. The topological polar surface area (TPSA) is 122 Å². The van der Waals surface area contributed by atoms with Gasteiger partial charge in [-0.15, -0.1) is 0 Å². The van der Waals surface area contributed by atoms with E-state index >= 15 is 0 Å². The van der Waals surface area contributed by atoms with Crippen LogP contribution in [0.15, 0.2) is 24.3 Å². The van der Waals surface area contributed by atoms with Crippen LogP contribution >= 0.6 is 0 Å². The minimum Gasteiger partial charge on any atom is -0.383 e. The van der Waals surface area contributed by atoms with Gasteiger partial charge in [-0.2, -0.15) is 0 Å². The van der Waals surface area contributed by atoms with E-state index in [-0.39, 0.29) is 48.4 Å². The van der Waals surface area contributed by atoms with Crippen molar-refractivity contribution < 1.29 is 24.3 Å². The molecule has 39 heavy (non-hydrogen) atoms. The number of likely N-dealkylation sites (tertiary alicyclic amines) is 2. The molecule has 3 heterocycles. The van der Waals surface area contributed by atoms with Gasteiger partial charge in [-0.25, -0.2) is 0 Å². The van der Waals surface area contributed by atoms with E-state index in [1.165, 1.54) is 4.90 Å².